The van der Waals surface area contributed by atoms with Crippen molar-refractivity contribution in [1.29, 1.82) is 0 Å². The number of rotatable bonds is 5. The van der Waals surface area contributed by atoms with Crippen molar-refractivity contribution < 1.29 is 14.4 Å². The highest BCUT2D eigenvalue weighted by Crippen LogP contribution is 2.32. The molecule has 3 aromatic rings. The first-order chi connectivity index (χ1) is 15.3. The molecule has 4 rings (SSSR count). The van der Waals surface area contributed by atoms with E-state index in [4.69, 9.17) is 31.3 Å². The minimum absolute atomic E-state index is 0.396. The molecule has 1 atom stereocenters. The number of halogens is 1. The lowest BCUT2D eigenvalue weighted by Crippen LogP contribution is -2.36. The Morgan fingerprint density at radius 3 is 2.69 bits per heavy atom. The number of hydroxylamine groups is 2. The third kappa shape index (κ3) is 5.26. The molecule has 1 saturated heterocycles. The zero-order valence-corrected chi connectivity index (χ0v) is 19.1. The molecule has 1 unspecified atom stereocenters. The highest BCUT2D eigenvalue weighted by Gasteiger charge is 2.38. The first-order valence-corrected chi connectivity index (χ1v) is 10.9. The van der Waals surface area contributed by atoms with E-state index < -0.39 is 17.7 Å². The van der Waals surface area contributed by atoms with E-state index >= 15 is 0 Å². The van der Waals surface area contributed by atoms with Crippen LogP contribution in [0.4, 0.5) is 4.79 Å². The minimum Gasteiger partial charge on any atom is -0.442 e. The van der Waals surface area contributed by atoms with Crippen molar-refractivity contribution in [3.8, 4) is 11.4 Å². The Hall–Kier alpha value is -2.97. The molecule has 9 heteroatoms. The number of aromatic nitrogens is 4. The van der Waals surface area contributed by atoms with E-state index in [9.17, 15) is 4.79 Å². The van der Waals surface area contributed by atoms with Crippen LogP contribution in [0.5, 0.6) is 0 Å². The van der Waals surface area contributed by atoms with Crippen LogP contribution in [0.15, 0.2) is 48.7 Å². The van der Waals surface area contributed by atoms with Gasteiger partial charge in [-0.1, -0.05) is 17.7 Å². The number of pyridine rings is 1. The molecule has 2 aromatic heterocycles. The van der Waals surface area contributed by atoms with E-state index in [2.05, 4.69) is 4.98 Å². The topological polar surface area (TPSA) is 82.4 Å². The van der Waals surface area contributed by atoms with Crippen LogP contribution in [0.25, 0.3) is 11.4 Å². The minimum atomic E-state index is -0.630. The van der Waals surface area contributed by atoms with Crippen LogP contribution in [-0.4, -0.2) is 43.1 Å². The summed E-state index contributed by atoms with van der Waals surface area (Å²) in [7, 11) is 0. The largest absolute Gasteiger partial charge is 0.442 e. The van der Waals surface area contributed by atoms with Crippen LogP contribution in [-0.2, 0) is 22.5 Å². The molecule has 0 bridgehead atoms. The SMILES string of the molecule is CC(C)(C)OC(=O)N1OCCC1c1nc(-c2ccc(Cl)cc2)nn1CCc1ccccn1. The second-order valence-corrected chi connectivity index (χ2v) is 8.97. The number of ether oxygens (including phenoxy) is 1. The molecule has 3 heterocycles. The fourth-order valence-corrected chi connectivity index (χ4v) is 3.57. The highest BCUT2D eigenvalue weighted by molar-refractivity contribution is 6.30. The second kappa shape index (κ2) is 9.26. The predicted molar refractivity (Wildman–Crippen MR) is 120 cm³/mol. The molecule has 1 aliphatic heterocycles. The maximum atomic E-state index is 12.7. The number of carbonyl (C=O) groups is 1. The lowest BCUT2D eigenvalue weighted by Gasteiger charge is -2.26. The fraction of sp³-hybridized carbons (Fsp3) is 0.391. The molecule has 1 fully saturated rings. The van der Waals surface area contributed by atoms with Gasteiger partial charge in [-0.2, -0.15) is 10.2 Å². The molecule has 32 heavy (non-hydrogen) atoms. The Bertz CT molecular complexity index is 1060. The molecule has 0 saturated carbocycles. The van der Waals surface area contributed by atoms with Gasteiger partial charge in [-0.05, 0) is 57.2 Å². The summed E-state index contributed by atoms with van der Waals surface area (Å²) in [4.78, 5) is 27.6. The third-order valence-corrected chi connectivity index (χ3v) is 5.14. The molecule has 1 aliphatic rings. The zero-order chi connectivity index (χ0) is 22.7. The average molecular weight is 456 g/mol. The fourth-order valence-electron chi connectivity index (χ4n) is 3.44. The van der Waals surface area contributed by atoms with Crippen molar-refractivity contribution in [2.45, 2.75) is 51.8 Å². The molecule has 0 aliphatic carbocycles. The number of carbonyl (C=O) groups excluding carboxylic acids is 1. The summed E-state index contributed by atoms with van der Waals surface area (Å²) in [6.07, 6.45) is 2.51. The summed E-state index contributed by atoms with van der Waals surface area (Å²) in [5.41, 5.74) is 1.16. The summed E-state index contributed by atoms with van der Waals surface area (Å²) < 4.78 is 7.36. The maximum absolute atomic E-state index is 12.7. The Labute approximate surface area is 192 Å². The van der Waals surface area contributed by atoms with Gasteiger partial charge in [-0.25, -0.2) is 14.5 Å². The summed E-state index contributed by atoms with van der Waals surface area (Å²) in [5.74, 6) is 1.21. The van der Waals surface area contributed by atoms with Crippen molar-refractivity contribution >= 4 is 17.7 Å². The van der Waals surface area contributed by atoms with Crippen LogP contribution in [0.2, 0.25) is 5.02 Å². The second-order valence-electron chi connectivity index (χ2n) is 8.54. The third-order valence-electron chi connectivity index (χ3n) is 4.88. The van der Waals surface area contributed by atoms with E-state index in [1.54, 1.807) is 18.3 Å². The lowest BCUT2D eigenvalue weighted by atomic mass is 10.2. The van der Waals surface area contributed by atoms with E-state index in [-0.39, 0.29) is 0 Å². The van der Waals surface area contributed by atoms with Gasteiger partial charge < -0.3 is 4.74 Å². The summed E-state index contributed by atoms with van der Waals surface area (Å²) in [6, 6.07) is 12.8. The predicted octanol–water partition coefficient (Wildman–Crippen LogP) is 4.85. The Balaban J connectivity index is 1.65. The van der Waals surface area contributed by atoms with Crippen LogP contribution < -0.4 is 0 Å². The number of hydrogen-bond acceptors (Lipinski definition) is 6. The quantitative estimate of drug-likeness (QED) is 0.547. The van der Waals surface area contributed by atoms with E-state index in [1.807, 2.05) is 55.8 Å². The Morgan fingerprint density at radius 1 is 1.22 bits per heavy atom. The zero-order valence-electron chi connectivity index (χ0n) is 18.4. The van der Waals surface area contributed by atoms with E-state index in [0.29, 0.717) is 42.7 Å². The number of aryl methyl sites for hydroxylation is 2. The normalized spacial score (nSPS) is 16.4. The molecule has 168 valence electrons. The molecule has 1 aromatic carbocycles. The summed E-state index contributed by atoms with van der Waals surface area (Å²) in [5, 5.41) is 6.66. The van der Waals surface area contributed by atoms with Crippen LogP contribution in [0, 0.1) is 0 Å². The molecule has 0 spiro atoms. The number of nitrogens with zero attached hydrogens (tertiary/aromatic N) is 5. The summed E-state index contributed by atoms with van der Waals surface area (Å²) >= 11 is 6.04. The van der Waals surface area contributed by atoms with Gasteiger partial charge in [0, 0.05) is 41.9 Å². The van der Waals surface area contributed by atoms with E-state index in [0.717, 1.165) is 11.3 Å². The number of benzene rings is 1. The first-order valence-electron chi connectivity index (χ1n) is 10.6. The molecular weight excluding hydrogens is 430 g/mol. The van der Waals surface area contributed by atoms with Crippen molar-refractivity contribution in [1.82, 2.24) is 24.8 Å². The van der Waals surface area contributed by atoms with Gasteiger partial charge in [0.25, 0.3) is 0 Å². The molecule has 8 nitrogen and oxygen atoms in total. The Morgan fingerprint density at radius 2 is 2.00 bits per heavy atom. The van der Waals surface area contributed by atoms with Gasteiger partial charge in [0.05, 0.1) is 6.61 Å². The number of hydrogen-bond donors (Lipinski definition) is 0. The van der Waals surface area contributed by atoms with Gasteiger partial charge >= 0.3 is 6.09 Å². The van der Waals surface area contributed by atoms with Crippen LogP contribution in [0.1, 0.15) is 44.8 Å². The average Bonchev–Trinajstić information content (AvgIpc) is 3.39. The molecule has 0 radical (unpaired) electrons. The lowest BCUT2D eigenvalue weighted by molar-refractivity contribution is -0.126. The van der Waals surface area contributed by atoms with Crippen molar-refractivity contribution in [2.75, 3.05) is 6.61 Å². The van der Waals surface area contributed by atoms with Gasteiger partial charge in [0.2, 0.25) is 0 Å². The Kier molecular flexibility index (Phi) is 6.43. The number of amides is 1. The van der Waals surface area contributed by atoms with Gasteiger partial charge in [0.15, 0.2) is 11.6 Å². The van der Waals surface area contributed by atoms with Gasteiger partial charge in [0.1, 0.15) is 11.6 Å². The molecule has 0 N–H and O–H groups in total. The monoisotopic (exact) mass is 455 g/mol. The van der Waals surface area contributed by atoms with E-state index in [1.165, 1.54) is 5.06 Å². The van der Waals surface area contributed by atoms with Crippen molar-refractivity contribution in [3.63, 3.8) is 0 Å². The standard InChI is InChI=1S/C23H26ClN5O3/c1-23(2,3)32-22(30)29-19(12-15-31-29)21-26-20(16-7-9-17(24)10-8-16)27-28(21)14-11-18-6-4-5-13-25-18/h4-10,13,19H,11-12,14-15H2,1-3H3. The molecular formula is C23H26ClN5O3. The van der Waals surface area contributed by atoms with Crippen molar-refractivity contribution in [2.24, 2.45) is 0 Å². The van der Waals surface area contributed by atoms with Crippen LogP contribution in [0.3, 0.4) is 0 Å². The first kappa shape index (κ1) is 22.2. The summed E-state index contributed by atoms with van der Waals surface area (Å²) in [6.45, 7) is 6.43. The highest BCUT2D eigenvalue weighted by atomic mass is 35.5. The van der Waals surface area contributed by atoms with Gasteiger partial charge in [-0.15, -0.1) is 0 Å². The van der Waals surface area contributed by atoms with Crippen molar-refractivity contribution in [3.05, 3.63) is 65.2 Å². The molecule has 1 amide bonds. The van der Waals surface area contributed by atoms with Gasteiger partial charge in [-0.3, -0.25) is 9.82 Å². The maximum Gasteiger partial charge on any atom is 0.435 e. The van der Waals surface area contributed by atoms with Crippen LogP contribution >= 0.6 is 11.6 Å². The smallest absolute Gasteiger partial charge is 0.435 e.